The number of fused-ring (bicyclic) bond motifs is 1. The van der Waals surface area contributed by atoms with Crippen LogP contribution >= 0.6 is 0 Å². The second kappa shape index (κ2) is 20.7. The molecule has 0 amide bonds. The molecular weight excluding hydrogens is 880 g/mol. The van der Waals surface area contributed by atoms with E-state index < -0.39 is 99.5 Å². The fourth-order valence-electron chi connectivity index (χ4n) is 8.72. The average Bonchev–Trinajstić information content (AvgIpc) is 4.04. The van der Waals surface area contributed by atoms with E-state index in [1.54, 1.807) is 24.3 Å². The summed E-state index contributed by atoms with van der Waals surface area (Å²) in [5.74, 6) is 0.283. The monoisotopic (exact) mass is 938 g/mol. The lowest BCUT2D eigenvalue weighted by Gasteiger charge is -2.42. The standard InChI is InChI=1S/C44H58O22/c1-54-24-7-19(8-25(55-2)33(24)49)32(48)30(13-45)63-38-26(56-3)9-20(10-27(38)57-4)36-22-15-61-37(23(22)16-60-36)21-11-28(58-5)39(29(12-21)59-6)65-42-40(35(51)34(50)31(14-46)64-42)66-43-41(52)44(53,17-47)18-62-43/h7-12,22-23,30-32,34-37,40-43,45-53H,13-18H2,1-6H3. The third kappa shape index (κ3) is 9.18. The molecule has 9 N–H and O–H groups in total. The normalized spacial score (nSPS) is 31.5. The molecule has 14 atom stereocenters. The molecule has 3 aromatic rings. The van der Waals surface area contributed by atoms with Gasteiger partial charge in [-0.3, -0.25) is 0 Å². The van der Waals surface area contributed by atoms with Gasteiger partial charge in [-0.15, -0.1) is 0 Å². The molecule has 66 heavy (non-hydrogen) atoms. The molecule has 4 heterocycles. The quantitative estimate of drug-likeness (QED) is 0.0741. The predicted octanol–water partition coefficient (Wildman–Crippen LogP) is -0.364. The van der Waals surface area contributed by atoms with Crippen LogP contribution in [0.3, 0.4) is 0 Å². The van der Waals surface area contributed by atoms with Gasteiger partial charge >= 0.3 is 0 Å². The van der Waals surface area contributed by atoms with Crippen LogP contribution in [-0.4, -0.2) is 183 Å². The molecule has 0 spiro atoms. The van der Waals surface area contributed by atoms with Crippen molar-refractivity contribution in [3.63, 3.8) is 0 Å². The van der Waals surface area contributed by atoms with E-state index in [9.17, 15) is 46.0 Å². The van der Waals surface area contributed by atoms with E-state index in [2.05, 4.69) is 0 Å². The van der Waals surface area contributed by atoms with Crippen LogP contribution in [0.4, 0.5) is 0 Å². The van der Waals surface area contributed by atoms with Gasteiger partial charge in [-0.25, -0.2) is 0 Å². The van der Waals surface area contributed by atoms with Gasteiger partial charge < -0.3 is 108 Å². The van der Waals surface area contributed by atoms with Gasteiger partial charge in [-0.1, -0.05) is 0 Å². The number of methoxy groups -OCH3 is 6. The van der Waals surface area contributed by atoms with Crippen molar-refractivity contribution in [1.82, 2.24) is 0 Å². The van der Waals surface area contributed by atoms with Gasteiger partial charge in [0, 0.05) is 11.8 Å². The molecule has 0 radical (unpaired) electrons. The molecule has 22 heteroatoms. The highest BCUT2D eigenvalue weighted by Gasteiger charge is 2.54. The first-order valence-electron chi connectivity index (χ1n) is 21.0. The molecule has 0 aromatic heterocycles. The summed E-state index contributed by atoms with van der Waals surface area (Å²) >= 11 is 0. The number of aromatic hydroxyl groups is 1. The number of phenols is 1. The van der Waals surface area contributed by atoms with E-state index in [0.717, 1.165) is 0 Å². The Morgan fingerprint density at radius 2 is 1.17 bits per heavy atom. The molecular formula is C44H58O22. The van der Waals surface area contributed by atoms with E-state index in [1.165, 1.54) is 54.8 Å². The Kier molecular flexibility index (Phi) is 15.4. The number of hydrogen-bond donors (Lipinski definition) is 9. The number of hydrogen-bond acceptors (Lipinski definition) is 22. The zero-order valence-corrected chi connectivity index (χ0v) is 37.0. The fourth-order valence-corrected chi connectivity index (χ4v) is 8.72. The maximum absolute atomic E-state index is 11.4. The van der Waals surface area contributed by atoms with Crippen LogP contribution in [0, 0.1) is 11.8 Å². The largest absolute Gasteiger partial charge is 0.502 e. The third-order valence-corrected chi connectivity index (χ3v) is 12.5. The van der Waals surface area contributed by atoms with E-state index in [0.29, 0.717) is 11.1 Å². The molecule has 7 rings (SSSR count). The van der Waals surface area contributed by atoms with Gasteiger partial charge in [-0.05, 0) is 53.1 Å². The Hall–Kier alpha value is -4.66. The summed E-state index contributed by atoms with van der Waals surface area (Å²) in [5.41, 5.74) is -0.509. The van der Waals surface area contributed by atoms with Crippen LogP contribution in [0.2, 0.25) is 0 Å². The Balaban J connectivity index is 1.11. The van der Waals surface area contributed by atoms with Gasteiger partial charge in [0.25, 0.3) is 0 Å². The van der Waals surface area contributed by atoms with Crippen molar-refractivity contribution in [2.75, 3.05) is 82.3 Å². The van der Waals surface area contributed by atoms with Gasteiger partial charge in [0.1, 0.15) is 36.1 Å². The lowest BCUT2D eigenvalue weighted by molar-refractivity contribution is -0.319. The van der Waals surface area contributed by atoms with Gasteiger partial charge in [0.15, 0.2) is 53.0 Å². The Labute approximate surface area is 379 Å². The number of ether oxygens (including phenoxy) is 13. The summed E-state index contributed by atoms with van der Waals surface area (Å²) in [5, 5.41) is 94.7. The van der Waals surface area contributed by atoms with Crippen LogP contribution in [0.15, 0.2) is 36.4 Å². The molecule has 3 aromatic carbocycles. The van der Waals surface area contributed by atoms with Crippen molar-refractivity contribution in [2.24, 2.45) is 11.8 Å². The van der Waals surface area contributed by atoms with Gasteiger partial charge in [-0.2, -0.15) is 0 Å². The van der Waals surface area contributed by atoms with Crippen molar-refractivity contribution < 1.29 is 108 Å². The first-order valence-corrected chi connectivity index (χ1v) is 21.0. The van der Waals surface area contributed by atoms with Gasteiger partial charge in [0.2, 0.25) is 23.5 Å². The first-order chi connectivity index (χ1) is 31.7. The van der Waals surface area contributed by atoms with Crippen LogP contribution in [0.5, 0.6) is 51.7 Å². The minimum atomic E-state index is -2.06. The summed E-state index contributed by atoms with van der Waals surface area (Å²) in [7, 11) is 8.34. The second-order valence-corrected chi connectivity index (χ2v) is 16.2. The smallest absolute Gasteiger partial charge is 0.230 e. The van der Waals surface area contributed by atoms with E-state index in [4.69, 9.17) is 61.6 Å². The van der Waals surface area contributed by atoms with Crippen LogP contribution in [-0.2, 0) is 23.7 Å². The topological polar surface area (TPSA) is 302 Å². The Morgan fingerprint density at radius 3 is 1.61 bits per heavy atom. The van der Waals surface area contributed by atoms with Crippen LogP contribution < -0.4 is 37.9 Å². The molecule has 4 saturated heterocycles. The maximum Gasteiger partial charge on any atom is 0.230 e. The van der Waals surface area contributed by atoms with Crippen molar-refractivity contribution in [3.05, 3.63) is 53.1 Å². The van der Waals surface area contributed by atoms with Crippen molar-refractivity contribution >= 4 is 0 Å². The van der Waals surface area contributed by atoms with Crippen molar-refractivity contribution in [2.45, 2.75) is 73.1 Å². The molecule has 0 saturated carbocycles. The average molecular weight is 939 g/mol. The minimum absolute atomic E-state index is 0.0163. The van der Waals surface area contributed by atoms with Crippen LogP contribution in [0.25, 0.3) is 0 Å². The number of benzene rings is 3. The highest BCUT2D eigenvalue weighted by molar-refractivity contribution is 5.57. The summed E-state index contributed by atoms with van der Waals surface area (Å²) in [6.45, 7) is -2.13. The minimum Gasteiger partial charge on any atom is -0.502 e. The van der Waals surface area contributed by atoms with E-state index in [1.807, 2.05) is 0 Å². The summed E-state index contributed by atoms with van der Waals surface area (Å²) < 4.78 is 75.7. The van der Waals surface area contributed by atoms with Gasteiger partial charge in [0.05, 0.1) is 94.5 Å². The first kappa shape index (κ1) is 49.3. The van der Waals surface area contributed by atoms with Crippen molar-refractivity contribution in [3.8, 4) is 51.7 Å². The number of aliphatic hydroxyl groups excluding tert-OH is 7. The molecule has 4 aliphatic rings. The Morgan fingerprint density at radius 1 is 0.667 bits per heavy atom. The highest BCUT2D eigenvalue weighted by Crippen LogP contribution is 2.54. The maximum atomic E-state index is 11.4. The SMILES string of the molecule is COc1cc(C(O)C(CO)Oc2c(OC)cc(C3OCC4C(c5cc(OC)c(OC6OC(CO)C(O)C(O)C6OC6OCC(O)(CO)C6O)c(OC)c5)OCC34)cc2OC)cc(OC)c1O. The number of aliphatic hydroxyl groups is 8. The molecule has 0 bridgehead atoms. The summed E-state index contributed by atoms with van der Waals surface area (Å²) in [6.07, 6.45) is -14.9. The lowest BCUT2D eigenvalue weighted by atomic mass is 9.84. The molecule has 22 nitrogen and oxygen atoms in total. The van der Waals surface area contributed by atoms with Crippen LogP contribution in [0.1, 0.15) is 35.0 Å². The highest BCUT2D eigenvalue weighted by atomic mass is 16.8. The summed E-state index contributed by atoms with van der Waals surface area (Å²) in [6, 6.07) is 9.59. The number of rotatable bonds is 19. The zero-order chi connectivity index (χ0) is 47.6. The zero-order valence-electron chi connectivity index (χ0n) is 37.0. The second-order valence-electron chi connectivity index (χ2n) is 16.2. The lowest BCUT2D eigenvalue weighted by Crippen LogP contribution is -2.62. The molecule has 4 fully saturated rings. The van der Waals surface area contributed by atoms with Crippen molar-refractivity contribution in [1.29, 1.82) is 0 Å². The third-order valence-electron chi connectivity index (χ3n) is 12.5. The predicted molar refractivity (Wildman–Crippen MR) is 222 cm³/mol. The fraction of sp³-hybridized carbons (Fsp3) is 0.591. The summed E-state index contributed by atoms with van der Waals surface area (Å²) in [4.78, 5) is 0. The molecule has 0 aliphatic carbocycles. The molecule has 14 unspecified atom stereocenters. The van der Waals surface area contributed by atoms with E-state index >= 15 is 0 Å². The molecule has 366 valence electrons. The number of phenolic OH excluding ortho intramolecular Hbond substituents is 1. The Bertz CT molecular complexity index is 2050. The molecule has 4 aliphatic heterocycles. The van der Waals surface area contributed by atoms with E-state index in [-0.39, 0.29) is 82.4 Å².